The lowest BCUT2D eigenvalue weighted by Gasteiger charge is -2.41. The summed E-state index contributed by atoms with van der Waals surface area (Å²) in [6, 6.07) is 12.1. The van der Waals surface area contributed by atoms with Gasteiger partial charge in [-0.25, -0.2) is 18.4 Å². The van der Waals surface area contributed by atoms with Crippen LogP contribution < -0.4 is 15.4 Å². The second-order valence-corrected chi connectivity index (χ2v) is 17.7. The number of ether oxygens (including phenoxy) is 5. The first kappa shape index (κ1) is 45.2. The monoisotopic (exact) mass is 878 g/mol. The summed E-state index contributed by atoms with van der Waals surface area (Å²) >= 11 is 0. The quantitative estimate of drug-likeness (QED) is 0.102. The highest BCUT2D eigenvalue weighted by Gasteiger charge is 2.44. The van der Waals surface area contributed by atoms with E-state index in [1.165, 1.54) is 0 Å². The van der Waals surface area contributed by atoms with E-state index in [1.807, 2.05) is 12.1 Å². The summed E-state index contributed by atoms with van der Waals surface area (Å²) in [6.45, 7) is 4.93. The second-order valence-electron chi connectivity index (χ2n) is 15.6. The first-order chi connectivity index (χ1) is 30.1. The van der Waals surface area contributed by atoms with Crippen LogP contribution in [-0.2, 0) is 38.6 Å². The lowest BCUT2D eigenvalue weighted by Crippen LogP contribution is -2.53. The first-order valence-electron chi connectivity index (χ1n) is 21.2. The zero-order chi connectivity index (χ0) is 43.5. The van der Waals surface area contributed by atoms with Gasteiger partial charge in [-0.05, 0) is 68.5 Å². The average Bonchev–Trinajstić information content (AvgIpc) is 3.52. The van der Waals surface area contributed by atoms with Crippen LogP contribution in [-0.4, -0.2) is 165 Å². The van der Waals surface area contributed by atoms with E-state index in [9.17, 15) is 33.2 Å². The van der Waals surface area contributed by atoms with Gasteiger partial charge in [-0.3, -0.25) is 29.5 Å². The maximum absolute atomic E-state index is 13.0. The Morgan fingerprint density at radius 2 is 1.50 bits per heavy atom. The topological polar surface area (TPSA) is 235 Å². The number of nitriles is 1. The highest BCUT2D eigenvalue weighted by Crippen LogP contribution is 2.37. The number of hydrogen-bond acceptors (Lipinski definition) is 16. The van der Waals surface area contributed by atoms with Crippen LogP contribution >= 0.6 is 0 Å². The van der Waals surface area contributed by atoms with Gasteiger partial charge in [-0.1, -0.05) is 0 Å². The van der Waals surface area contributed by atoms with Crippen LogP contribution in [0.4, 0.5) is 5.82 Å². The van der Waals surface area contributed by atoms with Crippen molar-refractivity contribution in [1.82, 2.24) is 29.4 Å². The molecule has 4 heterocycles. The van der Waals surface area contributed by atoms with Crippen molar-refractivity contribution in [2.75, 3.05) is 96.7 Å². The molecule has 3 aromatic rings. The van der Waals surface area contributed by atoms with E-state index < -0.39 is 40.0 Å². The Balaban J connectivity index is 0.674. The number of nitrogens with one attached hydrogen (secondary N) is 2. The number of nitrogens with zero attached hydrogens (tertiary/aromatic N) is 6. The number of aromatic nitrogens is 2. The molecule has 4 aliphatic rings. The number of hydrogen-bond donors (Lipinski definition) is 3. The molecule has 3 N–H and O–H groups in total. The van der Waals surface area contributed by atoms with Crippen LogP contribution in [0.2, 0.25) is 0 Å². The molecule has 2 unspecified atom stereocenters. The standard InChI is InChI=1S/C42H54N8O11S/c43-27-29-1-8-36-35(25-29)39(45-28-44-36)46-30-2-4-31(5-3-30)48-11-13-49(14-12-48)62(55,56)24-23-60-20-19-58-16-15-57-17-18-59-21-22-61-32-6-7-33-34(26-32)42(54)50(41(33)53)37-9-10-38(51)47-40(37)52/h1,6-8,25-26,28,30-31,37,42,54H,2-5,9-24H2,(H,44,45,46)(H,47,51,52). The molecule has 62 heavy (non-hydrogen) atoms. The normalized spacial score (nSPS) is 22.4. The minimum Gasteiger partial charge on any atom is -0.491 e. The largest absolute Gasteiger partial charge is 0.491 e. The van der Waals surface area contributed by atoms with Crippen molar-refractivity contribution in [3.8, 4) is 11.8 Å². The molecule has 0 radical (unpaired) electrons. The zero-order valence-electron chi connectivity index (χ0n) is 34.6. The molecule has 1 aromatic heterocycles. The fourth-order valence-electron chi connectivity index (χ4n) is 8.34. The minimum absolute atomic E-state index is 0.0752. The summed E-state index contributed by atoms with van der Waals surface area (Å²) in [4.78, 5) is 49.0. The molecule has 0 bridgehead atoms. The second kappa shape index (κ2) is 21.5. The van der Waals surface area contributed by atoms with Crippen molar-refractivity contribution in [1.29, 1.82) is 5.26 Å². The van der Waals surface area contributed by atoms with E-state index in [0.29, 0.717) is 82.1 Å². The number of amides is 3. The molecule has 19 nitrogen and oxygen atoms in total. The van der Waals surface area contributed by atoms with Gasteiger partial charge < -0.3 is 34.1 Å². The maximum Gasteiger partial charge on any atom is 0.257 e. The highest BCUT2D eigenvalue weighted by atomic mass is 32.2. The number of sulfonamides is 1. The number of anilines is 1. The predicted octanol–water partition coefficient (Wildman–Crippen LogP) is 1.57. The predicted molar refractivity (Wildman–Crippen MR) is 223 cm³/mol. The molecule has 2 atom stereocenters. The summed E-state index contributed by atoms with van der Waals surface area (Å²) in [7, 11) is -3.43. The fourth-order valence-corrected chi connectivity index (χ4v) is 9.65. The van der Waals surface area contributed by atoms with Crippen molar-refractivity contribution in [2.24, 2.45) is 0 Å². The van der Waals surface area contributed by atoms with E-state index in [0.717, 1.165) is 47.3 Å². The SMILES string of the molecule is N#Cc1ccc2ncnc(NC3CCC(N4CCN(S(=O)(=O)CCOCCOCCOCCOCCOc5ccc6c(c5)C(O)N(C5CCC(=O)NC5=O)C6=O)CC4)CC3)c2c1. The summed E-state index contributed by atoms with van der Waals surface area (Å²) in [5, 5.41) is 26.8. The third kappa shape index (κ3) is 11.4. The number of aliphatic hydroxyl groups excluding tert-OH is 1. The molecule has 3 aliphatic heterocycles. The maximum atomic E-state index is 13.0. The Hall–Kier alpha value is -4.85. The van der Waals surface area contributed by atoms with E-state index in [4.69, 9.17) is 23.7 Å². The molecule has 3 amide bonds. The summed E-state index contributed by atoms with van der Waals surface area (Å²) < 4.78 is 55.5. The Kier molecular flexibility index (Phi) is 15.7. The fraction of sp³-hybridized carbons (Fsp3) is 0.571. The van der Waals surface area contributed by atoms with Crippen molar-refractivity contribution >= 4 is 44.5 Å². The number of piperazine rings is 1. The summed E-state index contributed by atoms with van der Waals surface area (Å²) in [6.07, 6.45) is 4.44. The van der Waals surface area contributed by atoms with E-state index in [-0.39, 0.29) is 56.6 Å². The number of carbonyl (C=O) groups excluding carboxylic acids is 3. The Bertz CT molecular complexity index is 2190. The lowest BCUT2D eigenvalue weighted by atomic mass is 9.89. The third-order valence-corrected chi connectivity index (χ3v) is 13.5. The van der Waals surface area contributed by atoms with E-state index in [2.05, 4.69) is 31.6 Å². The third-order valence-electron chi connectivity index (χ3n) is 11.7. The van der Waals surface area contributed by atoms with Gasteiger partial charge in [0.25, 0.3) is 5.91 Å². The molecule has 7 rings (SSSR count). The number of carbonyl (C=O) groups is 3. The van der Waals surface area contributed by atoms with E-state index >= 15 is 0 Å². The van der Waals surface area contributed by atoms with Gasteiger partial charge >= 0.3 is 0 Å². The van der Waals surface area contributed by atoms with Crippen LogP contribution in [0.15, 0.2) is 42.7 Å². The Labute approximate surface area is 360 Å². The molecular weight excluding hydrogens is 825 g/mol. The molecule has 0 spiro atoms. The number of benzene rings is 2. The molecule has 3 fully saturated rings. The smallest absolute Gasteiger partial charge is 0.257 e. The number of rotatable bonds is 21. The van der Waals surface area contributed by atoms with E-state index in [1.54, 1.807) is 34.9 Å². The van der Waals surface area contributed by atoms with Crippen LogP contribution in [0.3, 0.4) is 0 Å². The van der Waals surface area contributed by atoms with Gasteiger partial charge in [-0.15, -0.1) is 0 Å². The molecule has 334 valence electrons. The van der Waals surface area contributed by atoms with Crippen LogP contribution in [0.5, 0.6) is 5.75 Å². The van der Waals surface area contributed by atoms with Crippen LogP contribution in [0.25, 0.3) is 10.9 Å². The van der Waals surface area contributed by atoms with Crippen molar-refractivity contribution in [2.45, 2.75) is 62.9 Å². The van der Waals surface area contributed by atoms with Crippen LogP contribution in [0.1, 0.15) is 66.2 Å². The first-order valence-corrected chi connectivity index (χ1v) is 22.8. The highest BCUT2D eigenvalue weighted by molar-refractivity contribution is 7.89. The van der Waals surface area contributed by atoms with Gasteiger partial charge in [0, 0.05) is 61.2 Å². The van der Waals surface area contributed by atoms with Crippen LogP contribution in [0, 0.1) is 11.3 Å². The van der Waals surface area contributed by atoms with Gasteiger partial charge in [-0.2, -0.15) is 9.57 Å². The summed E-state index contributed by atoms with van der Waals surface area (Å²) in [5.41, 5.74) is 1.99. The zero-order valence-corrected chi connectivity index (χ0v) is 35.4. The van der Waals surface area contributed by atoms with Crippen molar-refractivity contribution in [3.05, 3.63) is 59.4 Å². The minimum atomic E-state index is -3.43. The Morgan fingerprint density at radius 3 is 2.18 bits per heavy atom. The molecule has 1 saturated carbocycles. The molecular formula is C42H54N8O11S. The number of piperidine rings is 1. The average molecular weight is 879 g/mol. The molecule has 20 heteroatoms. The number of imide groups is 1. The van der Waals surface area contributed by atoms with Gasteiger partial charge in [0.15, 0.2) is 6.23 Å². The van der Waals surface area contributed by atoms with Crippen molar-refractivity contribution in [3.63, 3.8) is 0 Å². The van der Waals surface area contributed by atoms with Crippen molar-refractivity contribution < 1.29 is 51.6 Å². The Morgan fingerprint density at radius 1 is 0.823 bits per heavy atom. The van der Waals surface area contributed by atoms with Gasteiger partial charge in [0.05, 0.1) is 75.8 Å². The van der Waals surface area contributed by atoms with Gasteiger partial charge in [0.2, 0.25) is 21.8 Å². The number of aliphatic hydroxyl groups is 1. The molecule has 2 aromatic carbocycles. The number of fused-ring (bicyclic) bond motifs is 2. The van der Waals surface area contributed by atoms with Gasteiger partial charge in [0.1, 0.15) is 30.5 Å². The molecule has 1 aliphatic carbocycles. The summed E-state index contributed by atoms with van der Waals surface area (Å²) in [5.74, 6) is -0.372. The molecule has 2 saturated heterocycles. The lowest BCUT2D eigenvalue weighted by molar-refractivity contribution is -0.139.